The summed E-state index contributed by atoms with van der Waals surface area (Å²) in [6, 6.07) is 10.8. The molecule has 0 bridgehead atoms. The van der Waals surface area contributed by atoms with E-state index in [0.717, 1.165) is 75.8 Å². The minimum Gasteiger partial charge on any atom is -0.316 e. The zero-order chi connectivity index (χ0) is 26.3. The number of carbonyl (C=O) groups is 2. The largest absolute Gasteiger partial charge is 0.316 e. The van der Waals surface area contributed by atoms with Crippen LogP contribution in [0.3, 0.4) is 0 Å². The Morgan fingerprint density at radius 3 is 1.58 bits per heavy atom. The molecule has 0 aromatic heterocycles. The van der Waals surface area contributed by atoms with E-state index >= 15 is 0 Å². The summed E-state index contributed by atoms with van der Waals surface area (Å²) >= 11 is 18.0. The number of hydrogen-bond acceptors (Lipinski definition) is 4. The highest BCUT2D eigenvalue weighted by Gasteiger charge is 2.41. The number of Topliss-reactive ketones (excluding diaryl/α,β-unsaturated/α-hetero) is 2. The number of ketones is 2. The molecular weight excluding hydrogens is 562 g/mol. The van der Waals surface area contributed by atoms with Crippen LogP contribution in [0.25, 0.3) is 0 Å². The number of aryl methyl sites for hydroxylation is 1. The van der Waals surface area contributed by atoms with E-state index in [1.165, 1.54) is 0 Å². The molecule has 4 nitrogen and oxygen atoms in total. The third-order valence-electron chi connectivity index (χ3n) is 7.52. The third-order valence-corrected chi connectivity index (χ3v) is 8.67. The molecule has 4 rings (SSSR count). The predicted octanol–water partition coefficient (Wildman–Crippen LogP) is 8.62. The van der Waals surface area contributed by atoms with E-state index in [2.05, 4.69) is 24.5 Å². The van der Waals surface area contributed by atoms with Crippen molar-refractivity contribution < 1.29 is 9.59 Å². The summed E-state index contributed by atoms with van der Waals surface area (Å²) < 4.78 is 0. The van der Waals surface area contributed by atoms with Gasteiger partial charge in [0.2, 0.25) is 0 Å². The molecule has 2 aliphatic rings. The maximum absolute atomic E-state index is 12.7. The summed E-state index contributed by atoms with van der Waals surface area (Å²) in [5.41, 5.74) is 1.96. The molecule has 1 unspecified atom stereocenters. The molecule has 2 fully saturated rings. The van der Waals surface area contributed by atoms with Crippen LogP contribution in [-0.4, -0.2) is 37.7 Å². The van der Waals surface area contributed by atoms with E-state index in [1.54, 1.807) is 18.2 Å². The summed E-state index contributed by atoms with van der Waals surface area (Å²) in [5.74, 6) is 0.434. The summed E-state index contributed by atoms with van der Waals surface area (Å²) in [7, 11) is 0. The first-order valence-electron chi connectivity index (χ1n) is 12.9. The Labute approximate surface area is 250 Å². The molecule has 0 aliphatic carbocycles. The highest BCUT2D eigenvalue weighted by molar-refractivity contribution is 6.42. The first-order valence-corrected chi connectivity index (χ1v) is 14.0. The average molecular weight is 604 g/mol. The second-order valence-electron chi connectivity index (χ2n) is 10.2. The molecule has 8 heteroatoms. The monoisotopic (exact) mass is 602 g/mol. The number of nitrogens with one attached hydrogen (secondary N) is 2. The first-order chi connectivity index (χ1) is 17.2. The minimum atomic E-state index is -0.258. The maximum Gasteiger partial charge on any atom is 0.170 e. The van der Waals surface area contributed by atoms with Gasteiger partial charge in [0.1, 0.15) is 0 Å². The molecule has 212 valence electrons. The molecule has 2 N–H and O–H groups in total. The van der Waals surface area contributed by atoms with E-state index in [-0.39, 0.29) is 42.2 Å². The van der Waals surface area contributed by atoms with Gasteiger partial charge in [0.25, 0.3) is 0 Å². The molecule has 0 amide bonds. The lowest BCUT2D eigenvalue weighted by Gasteiger charge is -2.26. The van der Waals surface area contributed by atoms with Crippen molar-refractivity contribution >= 4 is 58.8 Å². The van der Waals surface area contributed by atoms with Gasteiger partial charge in [0.15, 0.2) is 11.6 Å². The van der Waals surface area contributed by atoms with Gasteiger partial charge in [-0.15, -0.1) is 12.4 Å². The van der Waals surface area contributed by atoms with Gasteiger partial charge in [-0.1, -0.05) is 81.1 Å². The van der Waals surface area contributed by atoms with Crippen LogP contribution in [0.5, 0.6) is 0 Å². The van der Waals surface area contributed by atoms with Gasteiger partial charge < -0.3 is 10.6 Å². The Kier molecular flexibility index (Phi) is 14.3. The van der Waals surface area contributed by atoms with Crippen LogP contribution in [0.4, 0.5) is 0 Å². The maximum atomic E-state index is 12.7. The molecule has 0 radical (unpaired) electrons. The highest BCUT2D eigenvalue weighted by atomic mass is 35.5. The SMILES string of the molecule is C.CCCC1(C(=O)c2ccc(Cl)c(Cl)c2)CCNC1.CCC[C@]1(C(=O)c2ccc(C)c(Cl)c2)CCNC1.Cl. The van der Waals surface area contributed by atoms with Crippen molar-refractivity contribution in [1.29, 1.82) is 0 Å². The van der Waals surface area contributed by atoms with Gasteiger partial charge in [0.05, 0.1) is 10.0 Å². The lowest BCUT2D eigenvalue weighted by Crippen LogP contribution is -2.33. The summed E-state index contributed by atoms with van der Waals surface area (Å²) in [6.45, 7) is 9.61. The van der Waals surface area contributed by atoms with Crippen LogP contribution in [0.15, 0.2) is 36.4 Å². The van der Waals surface area contributed by atoms with Crippen molar-refractivity contribution in [3.63, 3.8) is 0 Å². The second-order valence-corrected chi connectivity index (χ2v) is 11.4. The van der Waals surface area contributed by atoms with Crippen LogP contribution in [0.2, 0.25) is 15.1 Å². The van der Waals surface area contributed by atoms with E-state index < -0.39 is 0 Å². The standard InChI is InChI=1S/C15H20ClNO.C14H17Cl2NO.CH4.ClH/c1-3-6-15(7-8-17-10-15)14(18)12-5-4-11(2)13(16)9-12;1-2-5-14(6-7-17-9-14)13(18)10-3-4-11(15)12(16)8-10;;/h4-5,9,17H,3,6-8,10H2,1-2H3;3-4,8,17H,2,5-7,9H2,1H3;1H4;1H/t15-;;;/m0.../s1. The molecule has 2 heterocycles. The van der Waals surface area contributed by atoms with Crippen LogP contribution in [0, 0.1) is 17.8 Å². The summed E-state index contributed by atoms with van der Waals surface area (Å²) in [6.07, 6.45) is 5.75. The van der Waals surface area contributed by atoms with Crippen LogP contribution < -0.4 is 10.6 Å². The van der Waals surface area contributed by atoms with Crippen molar-refractivity contribution in [3.05, 3.63) is 68.2 Å². The molecular formula is C30H42Cl4N2O2. The fraction of sp³-hybridized carbons (Fsp3) is 0.533. The molecule has 2 saturated heterocycles. The number of rotatable bonds is 8. The summed E-state index contributed by atoms with van der Waals surface area (Å²) in [5, 5.41) is 8.23. The Hall–Kier alpha value is -1.14. The lowest BCUT2D eigenvalue weighted by molar-refractivity contribution is 0.0795. The van der Waals surface area contributed by atoms with Gasteiger partial charge in [-0.3, -0.25) is 9.59 Å². The van der Waals surface area contributed by atoms with Crippen LogP contribution in [-0.2, 0) is 0 Å². The van der Waals surface area contributed by atoms with E-state index in [0.29, 0.717) is 20.6 Å². The number of carbonyl (C=O) groups excluding carboxylic acids is 2. The van der Waals surface area contributed by atoms with Gasteiger partial charge in [-0.25, -0.2) is 0 Å². The Balaban J connectivity index is 0.000000361. The predicted molar refractivity (Wildman–Crippen MR) is 165 cm³/mol. The third kappa shape index (κ3) is 7.96. The van der Waals surface area contributed by atoms with E-state index in [1.807, 2.05) is 25.1 Å². The van der Waals surface area contributed by atoms with Crippen molar-refractivity contribution in [3.8, 4) is 0 Å². The molecule has 0 saturated carbocycles. The molecule has 38 heavy (non-hydrogen) atoms. The first kappa shape index (κ1) is 34.9. The number of halogens is 4. The van der Waals surface area contributed by atoms with Crippen molar-refractivity contribution in [1.82, 2.24) is 10.6 Å². The number of benzene rings is 2. The fourth-order valence-corrected chi connectivity index (χ4v) is 5.95. The van der Waals surface area contributed by atoms with Gasteiger partial charge in [0, 0.05) is 40.1 Å². The molecule has 2 aromatic carbocycles. The zero-order valence-corrected chi connectivity index (χ0v) is 25.0. The Bertz CT molecular complexity index is 992. The van der Waals surface area contributed by atoms with Gasteiger partial charge in [-0.2, -0.15) is 0 Å². The molecule has 2 atom stereocenters. The fourth-order valence-electron chi connectivity index (χ4n) is 5.47. The quantitative estimate of drug-likeness (QED) is 0.296. The zero-order valence-electron chi connectivity index (χ0n) is 21.9. The molecule has 2 aromatic rings. The lowest BCUT2D eigenvalue weighted by atomic mass is 9.76. The second kappa shape index (κ2) is 15.6. The van der Waals surface area contributed by atoms with Crippen molar-refractivity contribution in [2.75, 3.05) is 26.2 Å². The average Bonchev–Trinajstić information content (AvgIpc) is 3.54. The van der Waals surface area contributed by atoms with Gasteiger partial charge >= 0.3 is 0 Å². The van der Waals surface area contributed by atoms with E-state index in [9.17, 15) is 9.59 Å². The van der Waals surface area contributed by atoms with Crippen molar-refractivity contribution in [2.45, 2.75) is 66.7 Å². The van der Waals surface area contributed by atoms with Crippen LogP contribution in [0.1, 0.15) is 86.1 Å². The van der Waals surface area contributed by atoms with Crippen molar-refractivity contribution in [2.24, 2.45) is 10.8 Å². The minimum absolute atomic E-state index is 0. The molecule has 2 aliphatic heterocycles. The smallest absolute Gasteiger partial charge is 0.170 e. The van der Waals surface area contributed by atoms with E-state index in [4.69, 9.17) is 34.8 Å². The highest BCUT2D eigenvalue weighted by Crippen LogP contribution is 2.37. The van der Waals surface area contributed by atoms with Crippen LogP contribution >= 0.6 is 47.2 Å². The Morgan fingerprint density at radius 2 is 1.21 bits per heavy atom. The Morgan fingerprint density at radius 1 is 0.763 bits per heavy atom. The summed E-state index contributed by atoms with van der Waals surface area (Å²) in [4.78, 5) is 25.4. The normalized spacial score (nSPS) is 22.1. The number of hydrogen-bond donors (Lipinski definition) is 2. The van der Waals surface area contributed by atoms with Gasteiger partial charge in [-0.05, 0) is 75.5 Å². The molecule has 0 spiro atoms. The topological polar surface area (TPSA) is 58.2 Å².